The number of benzene rings is 1. The predicted molar refractivity (Wildman–Crippen MR) is 97.9 cm³/mol. The number of anilines is 1. The van der Waals surface area contributed by atoms with Crippen LogP contribution in [0.15, 0.2) is 54.9 Å². The van der Waals surface area contributed by atoms with Gasteiger partial charge in [0, 0.05) is 50.3 Å². The summed E-state index contributed by atoms with van der Waals surface area (Å²) in [5.74, 6) is 0.0870. The minimum atomic E-state index is 0.0870. The highest BCUT2D eigenvalue weighted by molar-refractivity contribution is 5.92. The Morgan fingerprint density at radius 1 is 1.04 bits per heavy atom. The van der Waals surface area contributed by atoms with Gasteiger partial charge in [-0.1, -0.05) is 31.2 Å². The van der Waals surface area contributed by atoms with Crippen LogP contribution >= 0.6 is 0 Å². The van der Waals surface area contributed by atoms with Gasteiger partial charge in [-0.3, -0.25) is 9.78 Å². The summed E-state index contributed by atoms with van der Waals surface area (Å²) in [7, 11) is 0. The van der Waals surface area contributed by atoms with Crippen LogP contribution in [0.25, 0.3) is 6.08 Å². The lowest BCUT2D eigenvalue weighted by molar-refractivity contribution is -0.126. The average molecular weight is 321 g/mol. The molecule has 0 unspecified atom stereocenters. The quantitative estimate of drug-likeness (QED) is 0.812. The highest BCUT2D eigenvalue weighted by Gasteiger charge is 2.19. The van der Waals surface area contributed by atoms with E-state index in [0.717, 1.165) is 38.2 Å². The Balaban J connectivity index is 1.54. The van der Waals surface area contributed by atoms with E-state index in [1.54, 1.807) is 18.5 Å². The second-order valence-electron chi connectivity index (χ2n) is 5.95. The Bertz CT molecular complexity index is 687. The SMILES string of the molecule is CCc1ccc(/C=C/C(=O)N2CCN(c3ccncc3)CC2)cc1. The third-order valence-electron chi connectivity index (χ3n) is 4.43. The molecule has 0 radical (unpaired) electrons. The van der Waals surface area contributed by atoms with Gasteiger partial charge in [0.05, 0.1) is 0 Å². The van der Waals surface area contributed by atoms with Gasteiger partial charge in [-0.2, -0.15) is 0 Å². The molecule has 1 aromatic carbocycles. The van der Waals surface area contributed by atoms with Crippen molar-refractivity contribution in [3.63, 3.8) is 0 Å². The van der Waals surface area contributed by atoms with E-state index < -0.39 is 0 Å². The summed E-state index contributed by atoms with van der Waals surface area (Å²) in [6.07, 6.45) is 8.23. The van der Waals surface area contributed by atoms with Crippen LogP contribution in [-0.2, 0) is 11.2 Å². The molecule has 2 heterocycles. The first-order chi connectivity index (χ1) is 11.8. The highest BCUT2D eigenvalue weighted by atomic mass is 16.2. The molecule has 0 spiro atoms. The molecule has 124 valence electrons. The van der Waals surface area contributed by atoms with Gasteiger partial charge in [0.15, 0.2) is 0 Å². The summed E-state index contributed by atoms with van der Waals surface area (Å²) >= 11 is 0. The highest BCUT2D eigenvalue weighted by Crippen LogP contribution is 2.15. The predicted octanol–water partition coefficient (Wildman–Crippen LogP) is 3.01. The molecular formula is C20H23N3O. The van der Waals surface area contributed by atoms with Crippen LogP contribution < -0.4 is 4.90 Å². The van der Waals surface area contributed by atoms with E-state index in [4.69, 9.17) is 0 Å². The van der Waals surface area contributed by atoms with Crippen LogP contribution in [0.4, 0.5) is 5.69 Å². The number of pyridine rings is 1. The number of hydrogen-bond acceptors (Lipinski definition) is 3. The summed E-state index contributed by atoms with van der Waals surface area (Å²) in [5, 5.41) is 0. The number of hydrogen-bond donors (Lipinski definition) is 0. The average Bonchev–Trinajstić information content (AvgIpc) is 2.67. The molecule has 1 aliphatic heterocycles. The summed E-state index contributed by atoms with van der Waals surface area (Å²) in [6, 6.07) is 12.4. The summed E-state index contributed by atoms with van der Waals surface area (Å²) in [4.78, 5) is 20.6. The minimum Gasteiger partial charge on any atom is -0.368 e. The molecule has 24 heavy (non-hydrogen) atoms. The first-order valence-electron chi connectivity index (χ1n) is 8.47. The number of amides is 1. The molecule has 4 nitrogen and oxygen atoms in total. The van der Waals surface area contributed by atoms with Gasteiger partial charge in [0.2, 0.25) is 5.91 Å². The van der Waals surface area contributed by atoms with E-state index in [1.165, 1.54) is 11.3 Å². The maximum absolute atomic E-state index is 12.3. The number of piperazine rings is 1. The Labute approximate surface area is 143 Å². The van der Waals surface area contributed by atoms with E-state index in [9.17, 15) is 4.79 Å². The summed E-state index contributed by atoms with van der Waals surface area (Å²) in [5.41, 5.74) is 3.55. The van der Waals surface area contributed by atoms with E-state index >= 15 is 0 Å². The number of rotatable bonds is 4. The van der Waals surface area contributed by atoms with Gasteiger partial charge in [-0.05, 0) is 35.8 Å². The maximum atomic E-state index is 12.3. The minimum absolute atomic E-state index is 0.0870. The van der Waals surface area contributed by atoms with Crippen LogP contribution in [0.1, 0.15) is 18.1 Å². The number of carbonyl (C=O) groups is 1. The number of carbonyl (C=O) groups excluding carboxylic acids is 1. The molecule has 1 aromatic heterocycles. The van der Waals surface area contributed by atoms with Gasteiger partial charge in [-0.25, -0.2) is 0 Å². The number of nitrogens with zero attached hydrogens (tertiary/aromatic N) is 3. The zero-order chi connectivity index (χ0) is 16.8. The third-order valence-corrected chi connectivity index (χ3v) is 4.43. The molecular weight excluding hydrogens is 298 g/mol. The maximum Gasteiger partial charge on any atom is 0.246 e. The van der Waals surface area contributed by atoms with Crippen molar-refractivity contribution in [2.75, 3.05) is 31.1 Å². The first kappa shape index (κ1) is 16.2. The Morgan fingerprint density at radius 2 is 1.71 bits per heavy atom. The standard InChI is InChI=1S/C20H23N3O/c1-2-17-3-5-18(6-4-17)7-8-20(24)23-15-13-22(14-16-23)19-9-11-21-12-10-19/h3-12H,2,13-16H2,1H3/b8-7+. The lowest BCUT2D eigenvalue weighted by Gasteiger charge is -2.35. The van der Waals surface area contributed by atoms with Crippen LogP contribution in [0.3, 0.4) is 0 Å². The van der Waals surface area contributed by atoms with Gasteiger partial charge in [-0.15, -0.1) is 0 Å². The molecule has 0 atom stereocenters. The monoisotopic (exact) mass is 321 g/mol. The van der Waals surface area contributed by atoms with Crippen molar-refractivity contribution in [2.24, 2.45) is 0 Å². The fourth-order valence-corrected chi connectivity index (χ4v) is 2.88. The van der Waals surface area contributed by atoms with Crippen molar-refractivity contribution < 1.29 is 4.79 Å². The zero-order valence-electron chi connectivity index (χ0n) is 14.1. The second kappa shape index (κ2) is 7.77. The fraction of sp³-hybridized carbons (Fsp3) is 0.300. The van der Waals surface area contributed by atoms with E-state index in [2.05, 4.69) is 41.1 Å². The van der Waals surface area contributed by atoms with Crippen LogP contribution in [-0.4, -0.2) is 42.0 Å². The molecule has 0 saturated carbocycles. The third kappa shape index (κ3) is 4.02. The van der Waals surface area contributed by atoms with E-state index in [-0.39, 0.29) is 5.91 Å². The second-order valence-corrected chi connectivity index (χ2v) is 5.95. The molecule has 0 N–H and O–H groups in total. The van der Waals surface area contributed by atoms with Crippen molar-refractivity contribution >= 4 is 17.7 Å². The van der Waals surface area contributed by atoms with Crippen molar-refractivity contribution in [2.45, 2.75) is 13.3 Å². The molecule has 1 aliphatic rings. The Hall–Kier alpha value is -2.62. The zero-order valence-corrected chi connectivity index (χ0v) is 14.1. The van der Waals surface area contributed by atoms with Crippen molar-refractivity contribution in [1.29, 1.82) is 0 Å². The molecule has 0 bridgehead atoms. The van der Waals surface area contributed by atoms with Crippen LogP contribution in [0.5, 0.6) is 0 Å². The number of aromatic nitrogens is 1. The number of aryl methyl sites for hydroxylation is 1. The van der Waals surface area contributed by atoms with Gasteiger partial charge < -0.3 is 9.80 Å². The van der Waals surface area contributed by atoms with Gasteiger partial charge in [0.1, 0.15) is 0 Å². The fourth-order valence-electron chi connectivity index (χ4n) is 2.88. The van der Waals surface area contributed by atoms with Gasteiger partial charge in [0.25, 0.3) is 0 Å². The molecule has 2 aromatic rings. The van der Waals surface area contributed by atoms with Crippen molar-refractivity contribution in [3.8, 4) is 0 Å². The Kier molecular flexibility index (Phi) is 5.26. The molecule has 0 aliphatic carbocycles. The molecule has 1 amide bonds. The molecule has 4 heteroatoms. The largest absolute Gasteiger partial charge is 0.368 e. The van der Waals surface area contributed by atoms with Crippen molar-refractivity contribution in [1.82, 2.24) is 9.88 Å². The topological polar surface area (TPSA) is 36.4 Å². The molecule has 1 saturated heterocycles. The normalized spacial score (nSPS) is 15.0. The summed E-state index contributed by atoms with van der Waals surface area (Å²) in [6.45, 7) is 5.35. The van der Waals surface area contributed by atoms with Gasteiger partial charge >= 0.3 is 0 Å². The lowest BCUT2D eigenvalue weighted by atomic mass is 10.1. The van der Waals surface area contributed by atoms with Crippen molar-refractivity contribution in [3.05, 3.63) is 66.0 Å². The molecule has 1 fully saturated rings. The van der Waals surface area contributed by atoms with Crippen LogP contribution in [0.2, 0.25) is 0 Å². The lowest BCUT2D eigenvalue weighted by Crippen LogP contribution is -2.48. The van der Waals surface area contributed by atoms with E-state index in [1.807, 2.05) is 23.1 Å². The van der Waals surface area contributed by atoms with Crippen LogP contribution in [0, 0.1) is 0 Å². The Morgan fingerprint density at radius 3 is 2.33 bits per heavy atom. The first-order valence-corrected chi connectivity index (χ1v) is 8.47. The van der Waals surface area contributed by atoms with E-state index in [0.29, 0.717) is 0 Å². The molecule has 3 rings (SSSR count). The smallest absolute Gasteiger partial charge is 0.246 e. The summed E-state index contributed by atoms with van der Waals surface area (Å²) < 4.78 is 0.